The van der Waals surface area contributed by atoms with E-state index >= 15 is 0 Å². The predicted molar refractivity (Wildman–Crippen MR) is 85.6 cm³/mol. The number of carbonyl (C=O) groups is 1. The maximum absolute atomic E-state index is 12.8. The zero-order chi connectivity index (χ0) is 18.9. The third kappa shape index (κ3) is 3.95. The van der Waals surface area contributed by atoms with Crippen molar-refractivity contribution >= 4 is 11.7 Å². The molecule has 3 heterocycles. The highest BCUT2D eigenvalue weighted by Gasteiger charge is 2.37. The maximum Gasteiger partial charge on any atom is 0.453 e. The molecular weight excluding hydrogens is 351 g/mol. The Morgan fingerprint density at radius 3 is 2.77 bits per heavy atom. The third-order valence-electron chi connectivity index (χ3n) is 4.46. The molecule has 7 nitrogen and oxygen atoms in total. The minimum Gasteiger partial charge on any atom is -0.376 e. The van der Waals surface area contributed by atoms with E-state index in [0.717, 1.165) is 24.0 Å². The van der Waals surface area contributed by atoms with Crippen molar-refractivity contribution < 1.29 is 22.7 Å². The van der Waals surface area contributed by atoms with Crippen LogP contribution in [-0.4, -0.2) is 44.7 Å². The summed E-state index contributed by atoms with van der Waals surface area (Å²) in [7, 11) is 0. The smallest absolute Gasteiger partial charge is 0.376 e. The summed E-state index contributed by atoms with van der Waals surface area (Å²) < 4.78 is 44.9. The van der Waals surface area contributed by atoms with Gasteiger partial charge in [-0.15, -0.1) is 5.10 Å². The number of nitrogens with one attached hydrogen (secondary N) is 1. The molecule has 26 heavy (non-hydrogen) atoms. The second-order valence-electron chi connectivity index (χ2n) is 6.35. The van der Waals surface area contributed by atoms with Crippen LogP contribution in [0.1, 0.15) is 42.0 Å². The summed E-state index contributed by atoms with van der Waals surface area (Å²) >= 11 is 0. The van der Waals surface area contributed by atoms with Crippen LogP contribution >= 0.6 is 0 Å². The summed E-state index contributed by atoms with van der Waals surface area (Å²) in [5, 5.41) is 6.33. The lowest BCUT2D eigenvalue weighted by Crippen LogP contribution is -2.32. The van der Waals surface area contributed by atoms with Gasteiger partial charge in [-0.2, -0.15) is 18.2 Å². The van der Waals surface area contributed by atoms with Gasteiger partial charge < -0.3 is 10.1 Å². The van der Waals surface area contributed by atoms with E-state index in [-0.39, 0.29) is 24.2 Å². The molecule has 1 fully saturated rings. The fourth-order valence-electron chi connectivity index (χ4n) is 3.05. The fraction of sp³-hybridized carbons (Fsp3) is 0.625. The van der Waals surface area contributed by atoms with Crippen LogP contribution in [0.2, 0.25) is 0 Å². The van der Waals surface area contributed by atoms with E-state index in [1.54, 1.807) is 13.8 Å². The summed E-state index contributed by atoms with van der Waals surface area (Å²) in [6, 6.07) is 0. The number of nitrogens with zero attached hydrogens (tertiary/aromatic N) is 4. The zero-order valence-electron chi connectivity index (χ0n) is 14.6. The molecule has 1 aliphatic heterocycles. The van der Waals surface area contributed by atoms with Crippen molar-refractivity contribution in [2.45, 2.75) is 51.8 Å². The van der Waals surface area contributed by atoms with Gasteiger partial charge in [-0.25, -0.2) is 9.50 Å². The fourth-order valence-corrected chi connectivity index (χ4v) is 3.05. The van der Waals surface area contributed by atoms with Crippen molar-refractivity contribution in [2.75, 3.05) is 13.2 Å². The average Bonchev–Trinajstić information content (AvgIpc) is 3.21. The summed E-state index contributed by atoms with van der Waals surface area (Å²) in [6.45, 7) is 4.54. The molecule has 1 saturated heterocycles. The number of hydrogen-bond acceptors (Lipinski definition) is 5. The summed E-state index contributed by atoms with van der Waals surface area (Å²) in [4.78, 5) is 19.6. The number of hydrogen-bond donors (Lipinski definition) is 1. The molecule has 0 saturated carbocycles. The first-order chi connectivity index (χ1) is 12.3. The quantitative estimate of drug-likeness (QED) is 0.869. The van der Waals surface area contributed by atoms with Crippen LogP contribution in [0.4, 0.5) is 13.2 Å². The molecule has 1 N–H and O–H groups in total. The van der Waals surface area contributed by atoms with Gasteiger partial charge in [0.25, 0.3) is 11.6 Å². The molecule has 0 radical (unpaired) electrons. The molecule has 142 valence electrons. The monoisotopic (exact) mass is 371 g/mol. The van der Waals surface area contributed by atoms with E-state index in [1.165, 1.54) is 0 Å². The normalized spacial score (nSPS) is 17.8. The first-order valence-corrected chi connectivity index (χ1v) is 8.44. The highest BCUT2D eigenvalue weighted by Crippen LogP contribution is 2.27. The Balaban J connectivity index is 1.69. The highest BCUT2D eigenvalue weighted by molar-refractivity contribution is 5.76. The number of aryl methyl sites for hydroxylation is 2. The molecule has 0 aliphatic carbocycles. The van der Waals surface area contributed by atoms with Crippen LogP contribution in [0.15, 0.2) is 0 Å². The van der Waals surface area contributed by atoms with E-state index in [0.29, 0.717) is 29.9 Å². The highest BCUT2D eigenvalue weighted by atomic mass is 19.4. The SMILES string of the molecule is Cc1nc2nc(C(F)(F)F)nn2c(C)c1CCC(=O)NC[C@H]1CCCO1. The van der Waals surface area contributed by atoms with Gasteiger partial charge in [0.1, 0.15) is 0 Å². The predicted octanol–water partition coefficient (Wildman–Crippen LogP) is 1.99. The van der Waals surface area contributed by atoms with Gasteiger partial charge in [-0.3, -0.25) is 4.79 Å². The minimum atomic E-state index is -4.63. The molecular formula is C16H20F3N5O2. The Labute approximate surface area is 148 Å². The molecule has 1 atom stereocenters. The number of alkyl halides is 3. The van der Waals surface area contributed by atoms with Gasteiger partial charge in [0.2, 0.25) is 5.91 Å². The number of amides is 1. The maximum atomic E-state index is 12.8. The largest absolute Gasteiger partial charge is 0.453 e. The van der Waals surface area contributed by atoms with Gasteiger partial charge >= 0.3 is 6.18 Å². The van der Waals surface area contributed by atoms with Gasteiger partial charge in [-0.1, -0.05) is 0 Å². The average molecular weight is 371 g/mol. The van der Waals surface area contributed by atoms with Crippen molar-refractivity contribution in [2.24, 2.45) is 0 Å². The summed E-state index contributed by atoms with van der Waals surface area (Å²) in [5.41, 5.74) is 1.74. The van der Waals surface area contributed by atoms with Gasteiger partial charge in [0, 0.05) is 31.0 Å². The molecule has 3 rings (SSSR count). The molecule has 0 unspecified atom stereocenters. The summed E-state index contributed by atoms with van der Waals surface area (Å²) in [6.07, 6.45) is -2.05. The molecule has 1 aliphatic rings. The number of halogens is 3. The topological polar surface area (TPSA) is 81.4 Å². The lowest BCUT2D eigenvalue weighted by Gasteiger charge is -2.12. The molecule has 1 amide bonds. The van der Waals surface area contributed by atoms with Crippen LogP contribution in [-0.2, 0) is 22.1 Å². The molecule has 0 bridgehead atoms. The van der Waals surface area contributed by atoms with Crippen LogP contribution in [0.25, 0.3) is 5.78 Å². The second kappa shape index (κ2) is 7.18. The molecule has 10 heteroatoms. The Kier molecular flexibility index (Phi) is 5.12. The number of carbonyl (C=O) groups excluding carboxylic acids is 1. The minimum absolute atomic E-state index is 0.0661. The van der Waals surface area contributed by atoms with Gasteiger partial charge in [-0.05, 0) is 38.7 Å². The van der Waals surface area contributed by atoms with Crippen LogP contribution in [0.3, 0.4) is 0 Å². The van der Waals surface area contributed by atoms with E-state index in [2.05, 4.69) is 20.4 Å². The van der Waals surface area contributed by atoms with E-state index in [1.807, 2.05) is 0 Å². The van der Waals surface area contributed by atoms with Gasteiger partial charge in [0.05, 0.1) is 6.10 Å². The first-order valence-electron chi connectivity index (χ1n) is 8.44. The van der Waals surface area contributed by atoms with Crippen molar-refractivity contribution in [1.29, 1.82) is 0 Å². The van der Waals surface area contributed by atoms with Gasteiger partial charge in [0.15, 0.2) is 0 Å². The van der Waals surface area contributed by atoms with Crippen LogP contribution < -0.4 is 5.32 Å². The van der Waals surface area contributed by atoms with Crippen molar-refractivity contribution in [3.63, 3.8) is 0 Å². The molecule has 0 aromatic carbocycles. The van der Waals surface area contributed by atoms with Crippen LogP contribution in [0.5, 0.6) is 0 Å². The lowest BCUT2D eigenvalue weighted by atomic mass is 10.1. The lowest BCUT2D eigenvalue weighted by molar-refractivity contribution is -0.144. The van der Waals surface area contributed by atoms with Crippen LogP contribution in [0, 0.1) is 13.8 Å². The Hall–Kier alpha value is -2.23. The Morgan fingerprint density at radius 2 is 2.12 bits per heavy atom. The zero-order valence-corrected chi connectivity index (χ0v) is 14.6. The van der Waals surface area contributed by atoms with E-state index in [4.69, 9.17) is 4.74 Å². The van der Waals surface area contributed by atoms with Crippen molar-refractivity contribution in [3.05, 3.63) is 22.8 Å². The number of rotatable bonds is 5. The standard InChI is InChI=1S/C16H20F3N5O2/c1-9-12(5-6-13(25)20-8-11-4-3-7-26-11)10(2)24-15(21-9)22-14(23-24)16(17,18)19/h11H,3-8H2,1-2H3,(H,20,25)/t11-/m1/s1. The first kappa shape index (κ1) is 18.6. The molecule has 2 aromatic rings. The van der Waals surface area contributed by atoms with Crippen molar-refractivity contribution in [3.8, 4) is 0 Å². The number of fused-ring (bicyclic) bond motifs is 1. The summed E-state index contributed by atoms with van der Waals surface area (Å²) in [5.74, 6) is -1.45. The Bertz CT molecular complexity index is 812. The molecule has 0 spiro atoms. The number of ether oxygens (including phenoxy) is 1. The Morgan fingerprint density at radius 1 is 1.35 bits per heavy atom. The third-order valence-corrected chi connectivity index (χ3v) is 4.46. The van der Waals surface area contributed by atoms with E-state index < -0.39 is 12.0 Å². The molecule has 2 aromatic heterocycles. The van der Waals surface area contributed by atoms with E-state index in [9.17, 15) is 18.0 Å². The number of aromatic nitrogens is 4. The van der Waals surface area contributed by atoms with Crippen molar-refractivity contribution in [1.82, 2.24) is 24.9 Å². The second-order valence-corrected chi connectivity index (χ2v) is 6.35.